The zero-order valence-corrected chi connectivity index (χ0v) is 15.5. The molecular formula is C21H24FNO4. The molecule has 2 aromatic carbocycles. The molecule has 2 aromatic rings. The van der Waals surface area contributed by atoms with Crippen molar-refractivity contribution in [1.82, 2.24) is 5.32 Å². The van der Waals surface area contributed by atoms with Crippen molar-refractivity contribution in [3.05, 3.63) is 65.5 Å². The fourth-order valence-electron chi connectivity index (χ4n) is 2.21. The molecule has 2 rings (SSSR count). The molecular weight excluding hydrogens is 349 g/mol. The Morgan fingerprint density at radius 3 is 2.33 bits per heavy atom. The van der Waals surface area contributed by atoms with Crippen molar-refractivity contribution in [3.63, 3.8) is 0 Å². The molecule has 0 bridgehead atoms. The maximum absolute atomic E-state index is 12.8. The lowest BCUT2D eigenvalue weighted by Crippen LogP contribution is -2.30. The summed E-state index contributed by atoms with van der Waals surface area (Å²) in [5, 5.41) is 2.66. The molecule has 0 unspecified atom stereocenters. The first-order valence-corrected chi connectivity index (χ1v) is 8.85. The Morgan fingerprint density at radius 2 is 1.70 bits per heavy atom. The smallest absolute Gasteiger partial charge is 0.338 e. The Kier molecular flexibility index (Phi) is 7.79. The van der Waals surface area contributed by atoms with Gasteiger partial charge in [-0.25, -0.2) is 9.18 Å². The van der Waals surface area contributed by atoms with Crippen LogP contribution in [-0.4, -0.2) is 31.6 Å². The van der Waals surface area contributed by atoms with Gasteiger partial charge in [-0.15, -0.1) is 0 Å². The van der Waals surface area contributed by atoms with Gasteiger partial charge >= 0.3 is 5.97 Å². The van der Waals surface area contributed by atoms with Crippen molar-refractivity contribution in [2.75, 3.05) is 19.8 Å². The van der Waals surface area contributed by atoms with Gasteiger partial charge in [0.25, 0.3) is 5.91 Å². The van der Waals surface area contributed by atoms with Gasteiger partial charge in [-0.05, 0) is 54.3 Å². The van der Waals surface area contributed by atoms with Crippen LogP contribution in [0.2, 0.25) is 0 Å². The minimum absolute atomic E-state index is 0.297. The van der Waals surface area contributed by atoms with Crippen molar-refractivity contribution >= 4 is 11.9 Å². The van der Waals surface area contributed by atoms with Crippen LogP contribution in [0.3, 0.4) is 0 Å². The van der Waals surface area contributed by atoms with Crippen molar-refractivity contribution in [2.24, 2.45) is 5.92 Å². The van der Waals surface area contributed by atoms with Crippen LogP contribution in [0.25, 0.3) is 0 Å². The average molecular weight is 373 g/mol. The first-order chi connectivity index (χ1) is 12.9. The number of halogens is 1. The van der Waals surface area contributed by atoms with E-state index < -0.39 is 5.97 Å². The van der Waals surface area contributed by atoms with Gasteiger partial charge in [0.05, 0.1) is 12.2 Å². The molecule has 1 N–H and O–H groups in total. The number of benzene rings is 2. The van der Waals surface area contributed by atoms with Gasteiger partial charge in [-0.1, -0.05) is 26.0 Å². The quantitative estimate of drug-likeness (QED) is 0.685. The second-order valence-electron chi connectivity index (χ2n) is 6.53. The Labute approximate surface area is 158 Å². The first-order valence-electron chi connectivity index (χ1n) is 8.85. The van der Waals surface area contributed by atoms with Crippen molar-refractivity contribution in [2.45, 2.75) is 20.3 Å². The van der Waals surface area contributed by atoms with Crippen LogP contribution in [0.4, 0.5) is 4.39 Å². The summed E-state index contributed by atoms with van der Waals surface area (Å²) in [6, 6.07) is 12.7. The van der Waals surface area contributed by atoms with Crippen molar-refractivity contribution in [3.8, 4) is 5.75 Å². The molecule has 0 spiro atoms. The monoisotopic (exact) mass is 373 g/mol. The molecule has 0 aliphatic rings. The second kappa shape index (κ2) is 10.3. The fraction of sp³-hybridized carbons (Fsp3) is 0.333. The second-order valence-corrected chi connectivity index (χ2v) is 6.53. The zero-order valence-electron chi connectivity index (χ0n) is 15.5. The van der Waals surface area contributed by atoms with E-state index in [0.717, 1.165) is 5.56 Å². The molecule has 0 aliphatic heterocycles. The van der Waals surface area contributed by atoms with Gasteiger partial charge in [0.2, 0.25) is 0 Å². The fourth-order valence-corrected chi connectivity index (χ4v) is 2.21. The van der Waals surface area contributed by atoms with Gasteiger partial charge < -0.3 is 14.8 Å². The minimum Gasteiger partial charge on any atom is -0.493 e. The molecule has 0 radical (unpaired) electrons. The SMILES string of the molecule is CC(C)COc1ccc(C(=O)OCC(=O)NCCc2ccc(F)cc2)cc1. The highest BCUT2D eigenvalue weighted by Crippen LogP contribution is 2.14. The van der Waals surface area contributed by atoms with E-state index in [1.165, 1.54) is 12.1 Å². The zero-order chi connectivity index (χ0) is 19.6. The third-order valence-electron chi connectivity index (χ3n) is 3.66. The minimum atomic E-state index is -0.570. The highest BCUT2D eigenvalue weighted by atomic mass is 19.1. The molecule has 0 atom stereocenters. The summed E-state index contributed by atoms with van der Waals surface area (Å²) in [6.45, 7) is 4.73. The van der Waals surface area contributed by atoms with E-state index in [-0.39, 0.29) is 18.3 Å². The molecule has 27 heavy (non-hydrogen) atoms. The number of esters is 1. The lowest BCUT2D eigenvalue weighted by molar-refractivity contribution is -0.124. The van der Waals surface area contributed by atoms with E-state index in [4.69, 9.17) is 9.47 Å². The van der Waals surface area contributed by atoms with Crippen molar-refractivity contribution < 1.29 is 23.5 Å². The molecule has 0 fully saturated rings. The summed E-state index contributed by atoms with van der Waals surface area (Å²) in [5.41, 5.74) is 1.26. The molecule has 0 aliphatic carbocycles. The highest BCUT2D eigenvalue weighted by Gasteiger charge is 2.10. The Balaban J connectivity index is 1.69. The Morgan fingerprint density at radius 1 is 1.04 bits per heavy atom. The van der Waals surface area contributed by atoms with E-state index in [1.54, 1.807) is 36.4 Å². The van der Waals surface area contributed by atoms with Gasteiger partial charge in [-0.2, -0.15) is 0 Å². The predicted molar refractivity (Wildman–Crippen MR) is 100 cm³/mol. The van der Waals surface area contributed by atoms with Gasteiger partial charge in [0.1, 0.15) is 11.6 Å². The number of hydrogen-bond acceptors (Lipinski definition) is 4. The highest BCUT2D eigenvalue weighted by molar-refractivity contribution is 5.91. The van der Waals surface area contributed by atoms with Crippen molar-refractivity contribution in [1.29, 1.82) is 0 Å². The van der Waals surface area contributed by atoms with Gasteiger partial charge in [0.15, 0.2) is 6.61 Å². The van der Waals surface area contributed by atoms with Crippen LogP contribution < -0.4 is 10.1 Å². The maximum Gasteiger partial charge on any atom is 0.338 e. The number of ether oxygens (including phenoxy) is 2. The van der Waals surface area contributed by atoms with E-state index in [1.807, 2.05) is 0 Å². The number of carbonyl (C=O) groups excluding carboxylic acids is 2. The van der Waals surface area contributed by atoms with Crippen LogP contribution in [0.5, 0.6) is 5.75 Å². The number of rotatable bonds is 9. The standard InChI is InChI=1S/C21H24FNO4/c1-15(2)13-26-19-9-5-17(6-10-19)21(25)27-14-20(24)23-12-11-16-3-7-18(22)8-4-16/h3-10,15H,11-14H2,1-2H3,(H,23,24). The van der Waals surface area contributed by atoms with E-state index in [2.05, 4.69) is 19.2 Å². The van der Waals surface area contributed by atoms with Crippen LogP contribution >= 0.6 is 0 Å². The predicted octanol–water partition coefficient (Wildman–Crippen LogP) is 3.38. The van der Waals surface area contributed by atoms with E-state index in [9.17, 15) is 14.0 Å². The lowest BCUT2D eigenvalue weighted by atomic mass is 10.1. The summed E-state index contributed by atoms with van der Waals surface area (Å²) in [5.74, 6) is -0.161. The molecule has 0 aromatic heterocycles. The molecule has 0 heterocycles. The van der Waals surface area contributed by atoms with Gasteiger partial charge in [-0.3, -0.25) is 4.79 Å². The lowest BCUT2D eigenvalue weighted by Gasteiger charge is -2.09. The third kappa shape index (κ3) is 7.48. The normalized spacial score (nSPS) is 10.5. The number of nitrogens with one attached hydrogen (secondary N) is 1. The van der Waals surface area contributed by atoms with E-state index >= 15 is 0 Å². The van der Waals surface area contributed by atoms with Gasteiger partial charge in [0, 0.05) is 6.54 Å². The molecule has 0 saturated carbocycles. The van der Waals surface area contributed by atoms with Crippen LogP contribution in [0.15, 0.2) is 48.5 Å². The largest absolute Gasteiger partial charge is 0.493 e. The topological polar surface area (TPSA) is 64.6 Å². The Hall–Kier alpha value is -2.89. The summed E-state index contributed by atoms with van der Waals surface area (Å²) >= 11 is 0. The van der Waals surface area contributed by atoms with Crippen LogP contribution in [0.1, 0.15) is 29.8 Å². The summed E-state index contributed by atoms with van der Waals surface area (Å²) in [7, 11) is 0. The van der Waals surface area contributed by atoms with E-state index in [0.29, 0.717) is 36.8 Å². The molecule has 144 valence electrons. The molecule has 6 heteroatoms. The third-order valence-corrected chi connectivity index (χ3v) is 3.66. The maximum atomic E-state index is 12.8. The number of carbonyl (C=O) groups is 2. The van der Waals surface area contributed by atoms with Crippen LogP contribution in [-0.2, 0) is 16.0 Å². The average Bonchev–Trinajstić information content (AvgIpc) is 2.66. The first kappa shape index (κ1) is 20.4. The summed E-state index contributed by atoms with van der Waals surface area (Å²) in [6.07, 6.45) is 0.567. The molecule has 1 amide bonds. The molecule has 0 saturated heterocycles. The summed E-state index contributed by atoms with van der Waals surface area (Å²) in [4.78, 5) is 23.7. The van der Waals surface area contributed by atoms with Crippen LogP contribution in [0, 0.1) is 11.7 Å². The Bertz CT molecular complexity index is 742. The number of amides is 1. The number of hydrogen-bond donors (Lipinski definition) is 1. The molecule has 5 nitrogen and oxygen atoms in total. The summed E-state index contributed by atoms with van der Waals surface area (Å²) < 4.78 is 23.4.